The summed E-state index contributed by atoms with van der Waals surface area (Å²) < 4.78 is 23.3. The van der Waals surface area contributed by atoms with E-state index in [0.717, 1.165) is 5.56 Å². The molecule has 1 N–H and O–H groups in total. The van der Waals surface area contributed by atoms with Crippen LogP contribution in [0.4, 0.5) is 0 Å². The molecule has 0 fully saturated rings. The summed E-state index contributed by atoms with van der Waals surface area (Å²) in [5.74, 6) is 2.05. The third-order valence-corrected chi connectivity index (χ3v) is 3.35. The van der Waals surface area contributed by atoms with Gasteiger partial charge in [0.2, 0.25) is 0 Å². The van der Waals surface area contributed by atoms with Gasteiger partial charge in [-0.25, -0.2) is 13.2 Å². The Hall–Kier alpha value is -1.80. The zero-order valence-corrected chi connectivity index (χ0v) is 9.41. The van der Waals surface area contributed by atoms with Gasteiger partial charge in [0.1, 0.15) is 5.75 Å². The molecule has 84 valence electrons. The normalized spacial score (nSPS) is 10.3. The molecular formula is C11H10O4S. The number of carbonyl (C=O) groups is 1. The Bertz CT molecular complexity index is 544. The Kier molecular flexibility index (Phi) is 3.69. The fourth-order valence-electron chi connectivity index (χ4n) is 1.04. The molecule has 1 rings (SSSR count). The Morgan fingerprint density at radius 3 is 2.38 bits per heavy atom. The van der Waals surface area contributed by atoms with Crippen LogP contribution >= 0.6 is 0 Å². The number of hydrogen-bond acceptors (Lipinski definition) is 3. The minimum absolute atomic E-state index is 0.151. The summed E-state index contributed by atoms with van der Waals surface area (Å²) in [4.78, 5) is 10.2. The van der Waals surface area contributed by atoms with Gasteiger partial charge < -0.3 is 5.11 Å². The van der Waals surface area contributed by atoms with Crippen molar-refractivity contribution in [3.05, 3.63) is 29.8 Å². The van der Waals surface area contributed by atoms with Crippen molar-refractivity contribution < 1.29 is 18.3 Å². The van der Waals surface area contributed by atoms with Crippen molar-refractivity contribution in [1.82, 2.24) is 0 Å². The van der Waals surface area contributed by atoms with Crippen LogP contribution in [0.3, 0.4) is 0 Å². The molecule has 16 heavy (non-hydrogen) atoms. The monoisotopic (exact) mass is 238 g/mol. The SMILES string of the molecule is Cc1ccc(S(=O)(=O)CC#CC(=O)O)cc1. The molecule has 0 amide bonds. The van der Waals surface area contributed by atoms with E-state index < -0.39 is 21.6 Å². The number of aliphatic carboxylic acids is 1. The molecule has 1 aromatic rings. The summed E-state index contributed by atoms with van der Waals surface area (Å²) >= 11 is 0. The summed E-state index contributed by atoms with van der Waals surface area (Å²) in [5.41, 5.74) is 0.954. The summed E-state index contributed by atoms with van der Waals surface area (Å²) in [6.07, 6.45) is 0. The summed E-state index contributed by atoms with van der Waals surface area (Å²) in [5, 5.41) is 8.25. The first-order valence-corrected chi connectivity index (χ1v) is 6.08. The number of carboxylic acid groups (broad SMARTS) is 1. The highest BCUT2D eigenvalue weighted by Crippen LogP contribution is 2.11. The Labute approximate surface area is 93.8 Å². The van der Waals surface area contributed by atoms with Gasteiger partial charge in [0.15, 0.2) is 9.84 Å². The minimum Gasteiger partial charge on any atom is -0.472 e. The van der Waals surface area contributed by atoms with Crippen LogP contribution in [-0.4, -0.2) is 25.2 Å². The highest BCUT2D eigenvalue weighted by molar-refractivity contribution is 7.91. The van der Waals surface area contributed by atoms with E-state index in [2.05, 4.69) is 5.92 Å². The van der Waals surface area contributed by atoms with Gasteiger partial charge in [-0.3, -0.25) is 0 Å². The molecule has 0 aliphatic rings. The lowest BCUT2D eigenvalue weighted by Gasteiger charge is -2.00. The quantitative estimate of drug-likeness (QED) is 0.775. The van der Waals surface area contributed by atoms with Gasteiger partial charge in [-0.2, -0.15) is 0 Å². The highest BCUT2D eigenvalue weighted by atomic mass is 32.2. The molecule has 0 unspecified atom stereocenters. The highest BCUT2D eigenvalue weighted by Gasteiger charge is 2.11. The Morgan fingerprint density at radius 2 is 1.88 bits per heavy atom. The maximum absolute atomic E-state index is 11.6. The van der Waals surface area contributed by atoms with Gasteiger partial charge in [0.25, 0.3) is 0 Å². The smallest absolute Gasteiger partial charge is 0.381 e. The van der Waals surface area contributed by atoms with Crippen molar-refractivity contribution in [1.29, 1.82) is 0 Å². The molecule has 0 aliphatic heterocycles. The lowest BCUT2D eigenvalue weighted by Crippen LogP contribution is -2.05. The second kappa shape index (κ2) is 4.81. The van der Waals surface area contributed by atoms with Gasteiger partial charge >= 0.3 is 5.97 Å². The van der Waals surface area contributed by atoms with E-state index in [1.165, 1.54) is 12.1 Å². The van der Waals surface area contributed by atoms with Crippen molar-refractivity contribution in [3.63, 3.8) is 0 Å². The molecule has 0 spiro atoms. The van der Waals surface area contributed by atoms with Gasteiger partial charge in [-0.05, 0) is 19.1 Å². The summed E-state index contributed by atoms with van der Waals surface area (Å²) in [6.45, 7) is 1.85. The van der Waals surface area contributed by atoms with Crippen LogP contribution in [0, 0.1) is 18.8 Å². The largest absolute Gasteiger partial charge is 0.472 e. The van der Waals surface area contributed by atoms with Crippen LogP contribution < -0.4 is 0 Å². The lowest BCUT2D eigenvalue weighted by molar-refractivity contribution is -0.130. The average Bonchev–Trinajstić information content (AvgIpc) is 2.17. The molecule has 0 heterocycles. The molecule has 4 nitrogen and oxygen atoms in total. The fraction of sp³-hybridized carbons (Fsp3) is 0.182. The van der Waals surface area contributed by atoms with E-state index in [-0.39, 0.29) is 4.90 Å². The molecule has 0 atom stereocenters. The van der Waals surface area contributed by atoms with E-state index in [4.69, 9.17) is 5.11 Å². The molecule has 0 saturated heterocycles. The van der Waals surface area contributed by atoms with Crippen LogP contribution in [0.5, 0.6) is 0 Å². The second-order valence-electron chi connectivity index (χ2n) is 3.18. The van der Waals surface area contributed by atoms with Crippen LogP contribution in [-0.2, 0) is 14.6 Å². The predicted molar refractivity (Wildman–Crippen MR) is 58.6 cm³/mol. The topological polar surface area (TPSA) is 71.4 Å². The van der Waals surface area contributed by atoms with E-state index in [1.54, 1.807) is 18.1 Å². The zero-order valence-electron chi connectivity index (χ0n) is 8.60. The van der Waals surface area contributed by atoms with Crippen LogP contribution in [0.25, 0.3) is 0 Å². The lowest BCUT2D eigenvalue weighted by atomic mass is 10.2. The van der Waals surface area contributed by atoms with E-state index in [9.17, 15) is 13.2 Å². The second-order valence-corrected chi connectivity index (χ2v) is 5.17. The third kappa shape index (κ3) is 3.41. The molecule has 1 aromatic carbocycles. The molecule has 0 radical (unpaired) electrons. The predicted octanol–water partition coefficient (Wildman–Crippen LogP) is 0.857. The van der Waals surface area contributed by atoms with Crippen molar-refractivity contribution in [2.24, 2.45) is 0 Å². The number of rotatable bonds is 2. The first-order valence-electron chi connectivity index (χ1n) is 4.43. The maximum Gasteiger partial charge on any atom is 0.381 e. The molecule has 0 aromatic heterocycles. The van der Waals surface area contributed by atoms with Gasteiger partial charge in [0.05, 0.1) is 4.90 Å². The summed E-state index contributed by atoms with van der Waals surface area (Å²) in [7, 11) is -3.51. The first kappa shape index (κ1) is 12.3. The molecule has 0 bridgehead atoms. The number of sulfone groups is 1. The van der Waals surface area contributed by atoms with Crippen molar-refractivity contribution in [3.8, 4) is 11.8 Å². The molecule has 0 aliphatic carbocycles. The van der Waals surface area contributed by atoms with Crippen molar-refractivity contribution >= 4 is 15.8 Å². The number of benzene rings is 1. The van der Waals surface area contributed by atoms with Gasteiger partial charge in [0, 0.05) is 5.92 Å². The maximum atomic E-state index is 11.6. The minimum atomic E-state index is -3.51. The van der Waals surface area contributed by atoms with E-state index >= 15 is 0 Å². The van der Waals surface area contributed by atoms with E-state index in [0.29, 0.717) is 0 Å². The zero-order chi connectivity index (χ0) is 12.2. The fourth-order valence-corrected chi connectivity index (χ4v) is 2.02. The standard InChI is InChI=1S/C11H10O4S/c1-9-4-6-10(7-5-9)16(14,15)8-2-3-11(12)13/h4-7H,8H2,1H3,(H,12,13). The molecular weight excluding hydrogens is 228 g/mol. The van der Waals surface area contributed by atoms with Crippen molar-refractivity contribution in [2.75, 3.05) is 5.75 Å². The average molecular weight is 238 g/mol. The third-order valence-electron chi connectivity index (χ3n) is 1.84. The summed E-state index contributed by atoms with van der Waals surface area (Å²) in [6, 6.07) is 6.31. The van der Waals surface area contributed by atoms with Crippen LogP contribution in [0.15, 0.2) is 29.2 Å². The van der Waals surface area contributed by atoms with Gasteiger partial charge in [-0.1, -0.05) is 23.6 Å². The van der Waals surface area contributed by atoms with Gasteiger partial charge in [-0.15, -0.1) is 0 Å². The van der Waals surface area contributed by atoms with Crippen molar-refractivity contribution in [2.45, 2.75) is 11.8 Å². The number of aryl methyl sites for hydroxylation is 1. The first-order chi connectivity index (χ1) is 7.42. The van der Waals surface area contributed by atoms with Crippen LogP contribution in [0.2, 0.25) is 0 Å². The Morgan fingerprint density at radius 1 is 1.31 bits per heavy atom. The van der Waals surface area contributed by atoms with Crippen LogP contribution in [0.1, 0.15) is 5.56 Å². The van der Waals surface area contributed by atoms with E-state index in [1.807, 2.05) is 6.92 Å². The number of hydrogen-bond donors (Lipinski definition) is 1. The molecule has 5 heteroatoms. The Balaban J connectivity index is 2.92. The molecule has 0 saturated carbocycles. The number of carboxylic acids is 1.